The molecule has 0 aliphatic heterocycles. The van der Waals surface area contributed by atoms with E-state index in [1.807, 2.05) is 49.4 Å². The summed E-state index contributed by atoms with van der Waals surface area (Å²) in [6.07, 6.45) is 0. The summed E-state index contributed by atoms with van der Waals surface area (Å²) in [5.74, 6) is 6.52. The van der Waals surface area contributed by atoms with Crippen LogP contribution < -0.4 is 11.2 Å². The normalized spacial score (nSPS) is 11.9. The van der Waals surface area contributed by atoms with Crippen LogP contribution in [-0.2, 0) is 11.3 Å². The summed E-state index contributed by atoms with van der Waals surface area (Å²) < 4.78 is 1.38. The molecule has 3 rings (SSSR count). The van der Waals surface area contributed by atoms with Crippen molar-refractivity contribution in [2.75, 3.05) is 5.84 Å². The van der Waals surface area contributed by atoms with Gasteiger partial charge in [0.25, 0.3) is 0 Å². The maximum atomic E-state index is 12.3. The van der Waals surface area contributed by atoms with Gasteiger partial charge in [0, 0.05) is 17.1 Å². The van der Waals surface area contributed by atoms with Crippen LogP contribution in [0.15, 0.2) is 59.8 Å². The molecule has 3 N–H and O–H groups in total. The number of hydrogen-bond donors (Lipinski definition) is 2. The van der Waals surface area contributed by atoms with Crippen LogP contribution in [0.2, 0.25) is 5.02 Å². The molecule has 1 atom stereocenters. The van der Waals surface area contributed by atoms with Gasteiger partial charge in [-0.3, -0.25) is 4.79 Å². The van der Waals surface area contributed by atoms with Crippen LogP contribution in [0.3, 0.4) is 0 Å². The topological polar surface area (TPSA) is 85.8 Å². The van der Waals surface area contributed by atoms with Gasteiger partial charge in [-0.15, -0.1) is 10.2 Å². The molecule has 0 saturated carbocycles. The summed E-state index contributed by atoms with van der Waals surface area (Å²) in [6.45, 7) is 2.29. The molecule has 0 saturated heterocycles. The standard InChI is InChI=1S/C18H18ClN5OS/c1-12(17(25)21-11-13-5-3-2-4-6-13)26-18-23-22-16(24(18)20)14-7-9-15(19)10-8-14/h2-10,12H,11,20H2,1H3,(H,21,25). The van der Waals surface area contributed by atoms with Crippen LogP contribution in [0.1, 0.15) is 12.5 Å². The second-order valence-electron chi connectivity index (χ2n) is 5.65. The average Bonchev–Trinajstić information content (AvgIpc) is 3.01. The largest absolute Gasteiger partial charge is 0.351 e. The molecule has 8 heteroatoms. The molecule has 1 heterocycles. The third kappa shape index (κ3) is 4.36. The smallest absolute Gasteiger partial charge is 0.233 e. The first kappa shape index (κ1) is 18.3. The molecule has 0 aliphatic rings. The van der Waals surface area contributed by atoms with Gasteiger partial charge in [0.05, 0.1) is 5.25 Å². The molecule has 0 aliphatic carbocycles. The summed E-state index contributed by atoms with van der Waals surface area (Å²) in [7, 11) is 0. The Hall–Kier alpha value is -2.51. The molecule has 0 radical (unpaired) electrons. The number of aromatic nitrogens is 3. The maximum absolute atomic E-state index is 12.3. The van der Waals surface area contributed by atoms with Crippen molar-refractivity contribution in [1.29, 1.82) is 0 Å². The van der Waals surface area contributed by atoms with Crippen molar-refractivity contribution in [3.63, 3.8) is 0 Å². The first-order valence-corrected chi connectivity index (χ1v) is 9.25. The highest BCUT2D eigenvalue weighted by atomic mass is 35.5. The van der Waals surface area contributed by atoms with Crippen molar-refractivity contribution in [2.24, 2.45) is 0 Å². The lowest BCUT2D eigenvalue weighted by atomic mass is 10.2. The average molecular weight is 388 g/mol. The number of carbonyl (C=O) groups is 1. The summed E-state index contributed by atoms with van der Waals surface area (Å²) in [6, 6.07) is 16.9. The fourth-order valence-corrected chi connectivity index (χ4v) is 3.21. The first-order valence-electron chi connectivity index (χ1n) is 7.99. The van der Waals surface area contributed by atoms with E-state index in [-0.39, 0.29) is 11.2 Å². The van der Waals surface area contributed by atoms with Crippen LogP contribution in [-0.4, -0.2) is 26.0 Å². The summed E-state index contributed by atoms with van der Waals surface area (Å²) in [4.78, 5) is 12.3. The zero-order chi connectivity index (χ0) is 18.5. The Morgan fingerprint density at radius 2 is 1.88 bits per heavy atom. The van der Waals surface area contributed by atoms with E-state index in [1.54, 1.807) is 12.1 Å². The van der Waals surface area contributed by atoms with Crippen molar-refractivity contribution in [3.8, 4) is 11.4 Å². The van der Waals surface area contributed by atoms with Crippen LogP contribution >= 0.6 is 23.4 Å². The van der Waals surface area contributed by atoms with E-state index in [0.29, 0.717) is 22.5 Å². The molecule has 6 nitrogen and oxygen atoms in total. The second-order valence-corrected chi connectivity index (χ2v) is 7.39. The fourth-order valence-electron chi connectivity index (χ4n) is 2.29. The van der Waals surface area contributed by atoms with Crippen molar-refractivity contribution in [2.45, 2.75) is 23.9 Å². The Morgan fingerprint density at radius 3 is 2.58 bits per heavy atom. The zero-order valence-electron chi connectivity index (χ0n) is 14.1. The number of nitrogen functional groups attached to an aromatic ring is 1. The molecule has 0 spiro atoms. The van der Waals surface area contributed by atoms with Gasteiger partial charge < -0.3 is 11.2 Å². The molecule has 2 aromatic carbocycles. The number of halogens is 1. The number of amides is 1. The number of thioether (sulfide) groups is 1. The van der Waals surface area contributed by atoms with Crippen molar-refractivity contribution < 1.29 is 4.79 Å². The minimum atomic E-state index is -0.358. The van der Waals surface area contributed by atoms with Crippen molar-refractivity contribution >= 4 is 29.3 Å². The minimum absolute atomic E-state index is 0.0881. The molecule has 0 fully saturated rings. The van der Waals surface area contributed by atoms with E-state index in [1.165, 1.54) is 16.4 Å². The Bertz CT molecular complexity index is 882. The molecular formula is C18H18ClN5OS. The maximum Gasteiger partial charge on any atom is 0.233 e. The Kier molecular flexibility index (Phi) is 5.80. The lowest BCUT2D eigenvalue weighted by Gasteiger charge is -2.11. The van der Waals surface area contributed by atoms with Crippen LogP contribution in [0.4, 0.5) is 0 Å². The fraction of sp³-hybridized carbons (Fsp3) is 0.167. The number of carbonyl (C=O) groups excluding carboxylic acids is 1. The van der Waals surface area contributed by atoms with E-state index in [0.717, 1.165) is 11.1 Å². The number of nitrogens with one attached hydrogen (secondary N) is 1. The van der Waals surface area contributed by atoms with Gasteiger partial charge in [-0.2, -0.15) is 0 Å². The highest BCUT2D eigenvalue weighted by Crippen LogP contribution is 2.25. The van der Waals surface area contributed by atoms with Crippen LogP contribution in [0, 0.1) is 0 Å². The van der Waals surface area contributed by atoms with E-state index in [2.05, 4.69) is 15.5 Å². The minimum Gasteiger partial charge on any atom is -0.351 e. The van der Waals surface area contributed by atoms with Gasteiger partial charge >= 0.3 is 0 Å². The van der Waals surface area contributed by atoms with Gasteiger partial charge in [-0.25, -0.2) is 4.68 Å². The number of hydrogen-bond acceptors (Lipinski definition) is 5. The summed E-state index contributed by atoms with van der Waals surface area (Å²) >= 11 is 7.16. The highest BCUT2D eigenvalue weighted by molar-refractivity contribution is 8.00. The van der Waals surface area contributed by atoms with Crippen molar-refractivity contribution in [3.05, 3.63) is 65.2 Å². The molecule has 1 unspecified atom stereocenters. The summed E-state index contributed by atoms with van der Waals surface area (Å²) in [5.41, 5.74) is 1.85. The highest BCUT2D eigenvalue weighted by Gasteiger charge is 2.19. The van der Waals surface area contributed by atoms with E-state index in [4.69, 9.17) is 17.4 Å². The second kappa shape index (κ2) is 8.25. The third-order valence-electron chi connectivity index (χ3n) is 3.73. The molecule has 26 heavy (non-hydrogen) atoms. The molecule has 1 aromatic heterocycles. The van der Waals surface area contributed by atoms with Gasteiger partial charge in [-0.05, 0) is 36.8 Å². The van der Waals surface area contributed by atoms with E-state index in [9.17, 15) is 4.79 Å². The Balaban J connectivity index is 1.63. The SMILES string of the molecule is CC(Sc1nnc(-c2ccc(Cl)cc2)n1N)C(=O)NCc1ccccc1. The molecule has 134 valence electrons. The van der Waals surface area contributed by atoms with Crippen LogP contribution in [0.5, 0.6) is 0 Å². The van der Waals surface area contributed by atoms with Gasteiger partial charge in [0.2, 0.25) is 11.1 Å². The van der Waals surface area contributed by atoms with Gasteiger partial charge in [0.15, 0.2) is 5.82 Å². The zero-order valence-corrected chi connectivity index (χ0v) is 15.7. The van der Waals surface area contributed by atoms with Gasteiger partial charge in [-0.1, -0.05) is 53.7 Å². The Morgan fingerprint density at radius 1 is 1.19 bits per heavy atom. The summed E-state index contributed by atoms with van der Waals surface area (Å²) in [5, 5.41) is 11.9. The third-order valence-corrected chi connectivity index (χ3v) is 5.04. The van der Waals surface area contributed by atoms with Gasteiger partial charge in [0.1, 0.15) is 0 Å². The number of nitrogens with two attached hydrogens (primary N) is 1. The van der Waals surface area contributed by atoms with E-state index < -0.39 is 0 Å². The molecule has 0 bridgehead atoms. The predicted molar refractivity (Wildman–Crippen MR) is 104 cm³/mol. The number of rotatable bonds is 6. The lowest BCUT2D eigenvalue weighted by molar-refractivity contribution is -0.120. The lowest BCUT2D eigenvalue weighted by Crippen LogP contribution is -2.30. The monoisotopic (exact) mass is 387 g/mol. The quantitative estimate of drug-likeness (QED) is 0.501. The molecular weight excluding hydrogens is 370 g/mol. The van der Waals surface area contributed by atoms with Crippen LogP contribution in [0.25, 0.3) is 11.4 Å². The van der Waals surface area contributed by atoms with Crippen molar-refractivity contribution in [1.82, 2.24) is 20.2 Å². The number of nitrogens with zero attached hydrogens (tertiary/aromatic N) is 3. The molecule has 3 aromatic rings. The first-order chi connectivity index (χ1) is 12.5. The molecule has 1 amide bonds. The Labute approximate surface area is 160 Å². The number of benzene rings is 2. The van der Waals surface area contributed by atoms with E-state index >= 15 is 0 Å². The predicted octanol–water partition coefficient (Wildman–Crippen LogP) is 3.11.